The average molecular weight is 685 g/mol. The van der Waals surface area contributed by atoms with Crippen molar-refractivity contribution in [2.45, 2.75) is 74.1 Å². The molecule has 0 saturated heterocycles. The Morgan fingerprint density at radius 1 is 0.864 bits per heavy atom. The minimum Gasteiger partial charge on any atom is -0.378 e. The highest BCUT2D eigenvalue weighted by atomic mass is 32.2. The monoisotopic (exact) mass is 684 g/mol. The molecule has 1 heterocycles. The molecule has 1 aromatic heterocycles. The Bertz CT molecular complexity index is 1130. The summed E-state index contributed by atoms with van der Waals surface area (Å²) < 4.78 is 48.1. The molecule has 0 aliphatic heterocycles. The molecule has 0 aliphatic rings. The summed E-state index contributed by atoms with van der Waals surface area (Å²) in [5, 5.41) is 0.135. The van der Waals surface area contributed by atoms with Crippen LogP contribution < -0.4 is 11.2 Å². The molecule has 0 aromatic carbocycles. The summed E-state index contributed by atoms with van der Waals surface area (Å²) in [6.45, 7) is 15.0. The first-order chi connectivity index (χ1) is 20.5. The number of ether oxygens (including phenoxy) is 3. The Morgan fingerprint density at radius 2 is 1.36 bits per heavy atom. The van der Waals surface area contributed by atoms with Gasteiger partial charge < -0.3 is 14.2 Å². The lowest BCUT2D eigenvalue weighted by molar-refractivity contribution is -0.118. The number of aromatic amines is 1. The lowest BCUT2D eigenvalue weighted by atomic mass is 9.99. The standard InChI is InChI=1S/C28H49N2O11PS2/c1-9-22(41-21(2)30-11-10-23(31)29-26(30)34)20-40-42(35,38-14-12-36-16-18-43-24(32)27(3,4)5)39-15-13-37-17-19-44-25(33)28(6,7)8/h10-11,21-22H,9,12-20H2,1-8H3,(H,29,31,34)/t21-,22+/m1/s1. The van der Waals surface area contributed by atoms with Crippen LogP contribution in [-0.2, 0) is 41.9 Å². The number of hydrogen-bond donors (Lipinski definition) is 1. The van der Waals surface area contributed by atoms with Crippen molar-refractivity contribution in [2.24, 2.45) is 10.8 Å². The van der Waals surface area contributed by atoms with Crippen molar-refractivity contribution in [3.63, 3.8) is 0 Å². The number of phosphoric ester groups is 1. The van der Waals surface area contributed by atoms with Crippen LogP contribution in [0.15, 0.2) is 21.9 Å². The minimum absolute atomic E-state index is 0.0673. The van der Waals surface area contributed by atoms with Crippen molar-refractivity contribution in [3.05, 3.63) is 33.1 Å². The van der Waals surface area contributed by atoms with E-state index in [2.05, 4.69) is 4.98 Å². The van der Waals surface area contributed by atoms with E-state index >= 15 is 0 Å². The molecule has 1 rings (SSSR count). The number of H-pyrrole nitrogens is 1. The number of nitrogens with one attached hydrogen (secondary N) is 1. The van der Waals surface area contributed by atoms with E-state index in [0.717, 1.165) is 0 Å². The van der Waals surface area contributed by atoms with Crippen molar-refractivity contribution >= 4 is 41.6 Å². The summed E-state index contributed by atoms with van der Waals surface area (Å²) in [6, 6.07) is 1.21. The molecular weight excluding hydrogens is 635 g/mol. The fourth-order valence-electron chi connectivity index (χ4n) is 3.04. The zero-order chi connectivity index (χ0) is 33.4. The molecule has 2 atom stereocenters. The van der Waals surface area contributed by atoms with E-state index in [1.165, 1.54) is 40.4 Å². The average Bonchev–Trinajstić information content (AvgIpc) is 2.92. The van der Waals surface area contributed by atoms with Gasteiger partial charge in [-0.1, -0.05) is 72.0 Å². The molecule has 0 fully saturated rings. The first-order valence-corrected chi connectivity index (χ1v) is 17.9. The smallest absolute Gasteiger partial charge is 0.378 e. The fourth-order valence-corrected chi connectivity index (χ4v) is 5.84. The van der Waals surface area contributed by atoms with E-state index < -0.39 is 42.2 Å². The van der Waals surface area contributed by atoms with Crippen molar-refractivity contribution in [1.82, 2.24) is 9.55 Å². The van der Waals surface area contributed by atoms with Crippen LogP contribution in [0.25, 0.3) is 0 Å². The predicted octanol–water partition coefficient (Wildman–Crippen LogP) is 4.65. The maximum absolute atomic E-state index is 13.4. The van der Waals surface area contributed by atoms with Crippen molar-refractivity contribution in [2.75, 3.05) is 57.8 Å². The molecule has 0 amide bonds. The first-order valence-electron chi connectivity index (χ1n) is 14.5. The maximum Gasteiger partial charge on any atom is 0.475 e. The van der Waals surface area contributed by atoms with Crippen LogP contribution in [0.3, 0.4) is 0 Å². The molecule has 13 nitrogen and oxygen atoms in total. The molecule has 0 radical (unpaired) electrons. The van der Waals surface area contributed by atoms with Gasteiger partial charge in [-0.05, 0) is 13.3 Å². The van der Waals surface area contributed by atoms with E-state index in [4.69, 9.17) is 27.8 Å². The zero-order valence-corrected chi connectivity index (χ0v) is 29.6. The third kappa shape index (κ3) is 16.9. The summed E-state index contributed by atoms with van der Waals surface area (Å²) in [5.74, 6) is 0.952. The van der Waals surface area contributed by atoms with Gasteiger partial charge in [-0.15, -0.1) is 0 Å². The number of thioether (sulfide) groups is 2. The lowest BCUT2D eigenvalue weighted by Crippen LogP contribution is -2.33. The number of phosphoric acid groups is 1. The van der Waals surface area contributed by atoms with Crippen molar-refractivity contribution in [3.8, 4) is 0 Å². The Morgan fingerprint density at radius 3 is 1.80 bits per heavy atom. The lowest BCUT2D eigenvalue weighted by Gasteiger charge is -2.24. The highest BCUT2D eigenvalue weighted by Gasteiger charge is 2.29. The van der Waals surface area contributed by atoms with Gasteiger partial charge in [0.15, 0.2) is 10.2 Å². The Balaban J connectivity index is 2.64. The number of rotatable bonds is 21. The molecule has 0 unspecified atom stereocenters. The summed E-state index contributed by atoms with van der Waals surface area (Å²) in [7, 11) is -4.08. The van der Waals surface area contributed by atoms with Gasteiger partial charge in [0.05, 0.1) is 52.4 Å². The number of nitrogens with zero attached hydrogens (tertiary/aromatic N) is 1. The second-order valence-electron chi connectivity index (χ2n) is 11.7. The molecule has 0 saturated carbocycles. The second-order valence-corrected chi connectivity index (χ2v) is 15.5. The van der Waals surface area contributed by atoms with Crippen LogP contribution in [0.5, 0.6) is 0 Å². The molecular formula is C28H49N2O11PS2. The molecule has 0 bridgehead atoms. The maximum atomic E-state index is 13.4. The fraction of sp³-hybridized carbons (Fsp3) is 0.786. The van der Waals surface area contributed by atoms with Gasteiger partial charge in [0.2, 0.25) is 0 Å². The van der Waals surface area contributed by atoms with Gasteiger partial charge in [0, 0.05) is 34.6 Å². The molecule has 0 spiro atoms. The SMILES string of the molecule is CC[C@@H](COP(=O)(OCCOCCSC(=O)C(C)(C)C)OCCOCCSC(=O)C(C)(C)C)O[C@H](C)n1ccc(=O)[nH]c1=O. The van der Waals surface area contributed by atoms with Gasteiger partial charge in [-0.25, -0.2) is 9.36 Å². The molecule has 254 valence electrons. The molecule has 16 heteroatoms. The summed E-state index contributed by atoms with van der Waals surface area (Å²) in [5.41, 5.74) is -2.02. The van der Waals surface area contributed by atoms with Crippen LogP contribution >= 0.6 is 31.3 Å². The van der Waals surface area contributed by atoms with Crippen molar-refractivity contribution < 1.29 is 41.9 Å². The number of carbonyl (C=O) groups excluding carboxylic acids is 2. The van der Waals surface area contributed by atoms with Crippen LogP contribution in [-0.4, -0.2) is 83.6 Å². The predicted molar refractivity (Wildman–Crippen MR) is 172 cm³/mol. The van der Waals surface area contributed by atoms with Crippen LogP contribution in [0.4, 0.5) is 0 Å². The first kappa shape index (κ1) is 40.7. The Hall–Kier alpha value is -1.29. The van der Waals surface area contributed by atoms with Gasteiger partial charge in [-0.2, -0.15) is 0 Å². The van der Waals surface area contributed by atoms with Gasteiger partial charge in [0.25, 0.3) is 5.56 Å². The number of hydrogen-bond acceptors (Lipinski definition) is 13. The normalized spacial score (nSPS) is 14.0. The van der Waals surface area contributed by atoms with E-state index in [-0.39, 0.29) is 43.3 Å². The van der Waals surface area contributed by atoms with Crippen molar-refractivity contribution in [1.29, 1.82) is 0 Å². The third-order valence-corrected chi connectivity index (χ3v) is 9.56. The van der Waals surface area contributed by atoms with Crippen LogP contribution in [0, 0.1) is 10.8 Å². The van der Waals surface area contributed by atoms with Gasteiger partial charge in [0.1, 0.15) is 6.23 Å². The topological polar surface area (TPSA) is 161 Å². The molecule has 1 aromatic rings. The number of carbonyl (C=O) groups is 2. The molecule has 0 aliphatic carbocycles. The van der Waals surface area contributed by atoms with Gasteiger partial charge >= 0.3 is 13.5 Å². The van der Waals surface area contributed by atoms with E-state index in [0.29, 0.717) is 31.1 Å². The summed E-state index contributed by atoms with van der Waals surface area (Å²) in [6.07, 6.45) is 0.435. The van der Waals surface area contributed by atoms with E-state index in [1.54, 1.807) is 6.92 Å². The minimum atomic E-state index is -4.08. The van der Waals surface area contributed by atoms with Crippen LogP contribution in [0.1, 0.15) is 68.0 Å². The largest absolute Gasteiger partial charge is 0.475 e. The number of aromatic nitrogens is 2. The highest BCUT2D eigenvalue weighted by molar-refractivity contribution is 8.14. The summed E-state index contributed by atoms with van der Waals surface area (Å²) >= 11 is 2.38. The van der Waals surface area contributed by atoms with E-state index in [1.807, 2.05) is 48.5 Å². The van der Waals surface area contributed by atoms with E-state index in [9.17, 15) is 23.7 Å². The molecule has 1 N–H and O–H groups in total. The Labute approximate surface area is 268 Å². The van der Waals surface area contributed by atoms with Gasteiger partial charge in [-0.3, -0.25) is 37.5 Å². The summed E-state index contributed by atoms with van der Waals surface area (Å²) in [4.78, 5) is 49.7. The third-order valence-electron chi connectivity index (χ3n) is 5.61. The van der Waals surface area contributed by atoms with Crippen LogP contribution in [0.2, 0.25) is 0 Å². The highest BCUT2D eigenvalue weighted by Crippen LogP contribution is 2.49. The second kappa shape index (κ2) is 20.1. The molecule has 44 heavy (non-hydrogen) atoms. The quantitative estimate of drug-likeness (QED) is 0.141. The Kier molecular flexibility index (Phi) is 18.6. The zero-order valence-electron chi connectivity index (χ0n) is 27.1.